The predicted molar refractivity (Wildman–Crippen MR) is 113 cm³/mol. The first-order valence-corrected chi connectivity index (χ1v) is 10.2. The molecule has 0 bridgehead atoms. The number of ether oxygens (including phenoxy) is 3. The Morgan fingerprint density at radius 3 is 2.61 bits per heavy atom. The number of rotatable bonds is 4. The van der Waals surface area contributed by atoms with E-state index in [1.165, 1.54) is 6.07 Å². The van der Waals surface area contributed by atoms with Crippen LogP contribution < -0.4 is 14.2 Å². The topological polar surface area (TPSA) is 65.0 Å². The van der Waals surface area contributed by atoms with Gasteiger partial charge in [0.2, 0.25) is 0 Å². The quantitative estimate of drug-likeness (QED) is 0.571. The van der Waals surface area contributed by atoms with Crippen LogP contribution in [0.2, 0.25) is 5.02 Å². The second-order valence-corrected chi connectivity index (χ2v) is 7.99. The number of fused-ring (bicyclic) bond motifs is 2. The third-order valence-corrected chi connectivity index (χ3v) is 5.89. The standard InChI is InChI=1S/C24H18ClFO5/c25-18-4-2-1-3-15(18)17-7-13(5-6-19(17)26)23-12-30-21-9-16-14(8-24(27)28)11-29-20(16)10-22(21)31-23/h1-7,9-10,14,23H,8,11-12H2,(H,27,28)/t14-,23?/m1/s1. The minimum atomic E-state index is -0.873. The summed E-state index contributed by atoms with van der Waals surface area (Å²) in [6.07, 6.45) is -0.445. The van der Waals surface area contributed by atoms with E-state index in [9.17, 15) is 9.18 Å². The van der Waals surface area contributed by atoms with Crippen LogP contribution in [0.5, 0.6) is 17.2 Å². The van der Waals surface area contributed by atoms with Gasteiger partial charge < -0.3 is 19.3 Å². The maximum absolute atomic E-state index is 14.5. The molecule has 2 aliphatic rings. The van der Waals surface area contributed by atoms with E-state index in [4.69, 9.17) is 30.9 Å². The molecule has 0 fully saturated rings. The maximum atomic E-state index is 14.5. The number of carboxylic acids is 1. The third kappa shape index (κ3) is 3.68. The predicted octanol–water partition coefficient (Wildman–Crippen LogP) is 5.61. The Labute approximate surface area is 182 Å². The molecule has 3 aromatic carbocycles. The van der Waals surface area contributed by atoms with E-state index in [1.807, 2.05) is 6.07 Å². The van der Waals surface area contributed by atoms with E-state index in [0.29, 0.717) is 40.0 Å². The summed E-state index contributed by atoms with van der Waals surface area (Å²) in [7, 11) is 0. The molecule has 1 unspecified atom stereocenters. The second-order valence-electron chi connectivity index (χ2n) is 7.58. The van der Waals surface area contributed by atoms with Crippen molar-refractivity contribution >= 4 is 17.6 Å². The molecule has 5 rings (SSSR count). The molecule has 0 aliphatic carbocycles. The highest BCUT2D eigenvalue weighted by atomic mass is 35.5. The molecule has 1 N–H and O–H groups in total. The highest BCUT2D eigenvalue weighted by Crippen LogP contribution is 2.46. The molecule has 0 saturated heterocycles. The number of benzene rings is 3. The van der Waals surface area contributed by atoms with Crippen molar-refractivity contribution in [3.63, 3.8) is 0 Å². The van der Waals surface area contributed by atoms with Gasteiger partial charge in [0, 0.05) is 33.7 Å². The van der Waals surface area contributed by atoms with Gasteiger partial charge in [-0.05, 0) is 29.8 Å². The van der Waals surface area contributed by atoms with E-state index < -0.39 is 12.1 Å². The Balaban J connectivity index is 1.44. The lowest BCUT2D eigenvalue weighted by Gasteiger charge is -2.28. The fraction of sp³-hybridized carbons (Fsp3) is 0.208. The average Bonchev–Trinajstić information content (AvgIpc) is 3.13. The fourth-order valence-corrected chi connectivity index (χ4v) is 4.25. The van der Waals surface area contributed by atoms with Crippen molar-refractivity contribution in [2.45, 2.75) is 18.4 Å². The maximum Gasteiger partial charge on any atom is 0.304 e. The van der Waals surface area contributed by atoms with Gasteiger partial charge in [-0.1, -0.05) is 35.9 Å². The van der Waals surface area contributed by atoms with Gasteiger partial charge in [-0.15, -0.1) is 0 Å². The van der Waals surface area contributed by atoms with Gasteiger partial charge >= 0.3 is 5.97 Å². The molecule has 5 nitrogen and oxygen atoms in total. The summed E-state index contributed by atoms with van der Waals surface area (Å²) in [6.45, 7) is 0.553. The van der Waals surface area contributed by atoms with Gasteiger partial charge in [0.15, 0.2) is 17.6 Å². The highest BCUT2D eigenvalue weighted by Gasteiger charge is 2.31. The van der Waals surface area contributed by atoms with Crippen LogP contribution in [-0.2, 0) is 4.79 Å². The van der Waals surface area contributed by atoms with Gasteiger partial charge in [0.1, 0.15) is 18.2 Å². The van der Waals surface area contributed by atoms with Gasteiger partial charge in [0.25, 0.3) is 0 Å². The molecular weight excluding hydrogens is 423 g/mol. The van der Waals surface area contributed by atoms with Crippen molar-refractivity contribution in [3.8, 4) is 28.4 Å². The third-order valence-electron chi connectivity index (χ3n) is 5.56. The molecule has 3 aromatic rings. The SMILES string of the molecule is O=C(O)C[C@@H]1COc2cc3c(cc21)OCC(c1ccc(F)c(-c2ccccc2Cl)c1)O3. The molecule has 158 valence electrons. The van der Waals surface area contributed by atoms with Crippen LogP contribution in [0.15, 0.2) is 54.6 Å². The molecule has 0 aromatic heterocycles. The number of aliphatic carboxylic acids is 1. The van der Waals surface area contributed by atoms with Crippen LogP contribution in [0, 0.1) is 5.82 Å². The first-order chi connectivity index (χ1) is 15.0. The number of carboxylic acid groups (broad SMARTS) is 1. The lowest BCUT2D eigenvalue weighted by Crippen LogP contribution is -2.22. The van der Waals surface area contributed by atoms with Crippen LogP contribution in [0.4, 0.5) is 4.39 Å². The Hall–Kier alpha value is -3.25. The lowest BCUT2D eigenvalue weighted by atomic mass is 9.97. The number of hydrogen-bond donors (Lipinski definition) is 1. The Kier molecular flexibility index (Phi) is 4.94. The van der Waals surface area contributed by atoms with Crippen LogP contribution in [0.25, 0.3) is 11.1 Å². The number of carbonyl (C=O) groups is 1. The smallest absolute Gasteiger partial charge is 0.304 e. The summed E-state index contributed by atoms with van der Waals surface area (Å²) in [5, 5.41) is 9.56. The molecular formula is C24H18ClFO5. The highest BCUT2D eigenvalue weighted by molar-refractivity contribution is 6.33. The van der Waals surface area contributed by atoms with Gasteiger partial charge in [-0.2, -0.15) is 0 Å². The summed E-state index contributed by atoms with van der Waals surface area (Å²) in [5.41, 5.74) is 2.57. The first-order valence-electron chi connectivity index (χ1n) is 9.86. The molecule has 2 aliphatic heterocycles. The molecule has 0 amide bonds. The van der Waals surface area contributed by atoms with E-state index >= 15 is 0 Å². The Morgan fingerprint density at radius 1 is 1.00 bits per heavy atom. The van der Waals surface area contributed by atoms with E-state index in [1.54, 1.807) is 42.5 Å². The van der Waals surface area contributed by atoms with Crippen LogP contribution >= 0.6 is 11.6 Å². The number of hydrogen-bond acceptors (Lipinski definition) is 4. The monoisotopic (exact) mass is 440 g/mol. The van der Waals surface area contributed by atoms with Gasteiger partial charge in [0.05, 0.1) is 13.0 Å². The normalized spacial score (nSPS) is 18.9. The summed E-state index contributed by atoms with van der Waals surface area (Å²) in [4.78, 5) is 11.1. The molecule has 31 heavy (non-hydrogen) atoms. The summed E-state index contributed by atoms with van der Waals surface area (Å²) >= 11 is 6.26. The second kappa shape index (κ2) is 7.78. The number of halogens is 2. The van der Waals surface area contributed by atoms with E-state index in [-0.39, 0.29) is 24.8 Å². The zero-order chi connectivity index (χ0) is 21.5. The van der Waals surface area contributed by atoms with Crippen molar-refractivity contribution in [2.24, 2.45) is 0 Å². The van der Waals surface area contributed by atoms with E-state index in [2.05, 4.69) is 0 Å². The molecule has 2 atom stereocenters. The Morgan fingerprint density at radius 2 is 1.81 bits per heavy atom. The van der Waals surface area contributed by atoms with Crippen LogP contribution in [0.1, 0.15) is 29.6 Å². The van der Waals surface area contributed by atoms with Crippen LogP contribution in [-0.4, -0.2) is 24.3 Å². The zero-order valence-corrected chi connectivity index (χ0v) is 17.1. The van der Waals surface area contributed by atoms with Crippen molar-refractivity contribution in [2.75, 3.05) is 13.2 Å². The summed E-state index contributed by atoms with van der Waals surface area (Å²) < 4.78 is 32.3. The summed E-state index contributed by atoms with van der Waals surface area (Å²) in [5.74, 6) is 0.199. The average molecular weight is 441 g/mol. The largest absolute Gasteiger partial charge is 0.492 e. The van der Waals surface area contributed by atoms with Gasteiger partial charge in [-0.3, -0.25) is 4.79 Å². The molecule has 2 heterocycles. The lowest BCUT2D eigenvalue weighted by molar-refractivity contribution is -0.137. The fourth-order valence-electron chi connectivity index (χ4n) is 4.01. The van der Waals surface area contributed by atoms with Crippen molar-refractivity contribution in [1.29, 1.82) is 0 Å². The molecule has 0 spiro atoms. The Bertz CT molecular complexity index is 1180. The summed E-state index contributed by atoms with van der Waals surface area (Å²) in [6, 6.07) is 15.4. The molecule has 7 heteroatoms. The molecule has 0 saturated carbocycles. The zero-order valence-electron chi connectivity index (χ0n) is 16.3. The van der Waals surface area contributed by atoms with E-state index in [0.717, 1.165) is 11.1 Å². The minimum Gasteiger partial charge on any atom is -0.492 e. The molecule has 0 radical (unpaired) electrons. The van der Waals surface area contributed by atoms with Gasteiger partial charge in [-0.25, -0.2) is 4.39 Å². The first kappa shape index (κ1) is 19.7. The van der Waals surface area contributed by atoms with Crippen molar-refractivity contribution < 1.29 is 28.5 Å². The van der Waals surface area contributed by atoms with Crippen molar-refractivity contribution in [1.82, 2.24) is 0 Å². The van der Waals surface area contributed by atoms with Crippen LogP contribution in [0.3, 0.4) is 0 Å². The minimum absolute atomic E-state index is 0.00429. The van der Waals surface area contributed by atoms with Crippen molar-refractivity contribution in [3.05, 3.63) is 76.6 Å².